The summed E-state index contributed by atoms with van der Waals surface area (Å²) in [7, 11) is 0. The highest BCUT2D eigenvalue weighted by Crippen LogP contribution is 2.30. The molecule has 0 radical (unpaired) electrons. The molecule has 0 aliphatic carbocycles. The molecule has 4 heterocycles. The summed E-state index contributed by atoms with van der Waals surface area (Å²) in [5, 5.41) is 14.1. The first-order chi connectivity index (χ1) is 13.9. The van der Waals surface area contributed by atoms with Gasteiger partial charge in [-0.3, -0.25) is 14.8 Å². The lowest BCUT2D eigenvalue weighted by molar-refractivity contribution is -0.141. The minimum atomic E-state index is -4.45. The van der Waals surface area contributed by atoms with E-state index in [1.165, 1.54) is 33.9 Å². The van der Waals surface area contributed by atoms with Crippen LogP contribution in [0.3, 0.4) is 0 Å². The lowest BCUT2D eigenvalue weighted by Gasteiger charge is -2.33. The summed E-state index contributed by atoms with van der Waals surface area (Å²) in [5.41, 5.74) is 0.999. The molecule has 1 atom stereocenters. The molecule has 1 aliphatic rings. The lowest BCUT2D eigenvalue weighted by atomic mass is 10.1. The largest absolute Gasteiger partial charge is 0.435 e. The van der Waals surface area contributed by atoms with Gasteiger partial charge in [0.1, 0.15) is 11.3 Å². The van der Waals surface area contributed by atoms with Crippen LogP contribution in [0.4, 0.5) is 24.1 Å². The highest BCUT2D eigenvalue weighted by molar-refractivity contribution is 7.13. The monoisotopic (exact) mass is 423 g/mol. The number of hydrogen-bond acceptors (Lipinski definition) is 7. The van der Waals surface area contributed by atoms with Crippen molar-refractivity contribution in [2.75, 3.05) is 23.3 Å². The molecule has 0 aromatic carbocycles. The minimum Gasteiger partial charge on any atom is -0.354 e. The number of amides is 1. The van der Waals surface area contributed by atoms with Crippen molar-refractivity contribution in [2.45, 2.75) is 25.1 Å². The average Bonchev–Trinajstić information content (AvgIpc) is 3.40. The first-order valence-corrected chi connectivity index (χ1v) is 9.69. The van der Waals surface area contributed by atoms with Crippen molar-refractivity contribution in [3.05, 3.63) is 47.4 Å². The van der Waals surface area contributed by atoms with Gasteiger partial charge in [-0.2, -0.15) is 18.3 Å². The molecule has 8 nitrogen and oxygen atoms in total. The smallest absolute Gasteiger partial charge is 0.354 e. The van der Waals surface area contributed by atoms with E-state index in [0.717, 1.165) is 25.5 Å². The summed E-state index contributed by atoms with van der Waals surface area (Å²) >= 11 is 1.21. The van der Waals surface area contributed by atoms with Gasteiger partial charge in [-0.15, -0.1) is 10.2 Å². The van der Waals surface area contributed by atoms with Crippen LogP contribution in [0.2, 0.25) is 0 Å². The average molecular weight is 423 g/mol. The van der Waals surface area contributed by atoms with Gasteiger partial charge in [-0.05, 0) is 31.0 Å². The zero-order chi connectivity index (χ0) is 20.4. The molecule has 0 spiro atoms. The van der Waals surface area contributed by atoms with E-state index in [1.807, 2.05) is 4.90 Å². The van der Waals surface area contributed by atoms with Crippen LogP contribution in [-0.2, 0) is 6.18 Å². The molecule has 29 heavy (non-hydrogen) atoms. The molecule has 0 saturated carbocycles. The van der Waals surface area contributed by atoms with Crippen molar-refractivity contribution in [3.63, 3.8) is 0 Å². The van der Waals surface area contributed by atoms with Crippen LogP contribution in [0, 0.1) is 0 Å². The summed E-state index contributed by atoms with van der Waals surface area (Å²) in [5.74, 6) is 0.318. The number of alkyl halides is 3. The number of aromatic nitrogens is 5. The van der Waals surface area contributed by atoms with Crippen LogP contribution in [0.25, 0.3) is 0 Å². The van der Waals surface area contributed by atoms with Gasteiger partial charge in [0, 0.05) is 25.5 Å². The Balaban J connectivity index is 1.43. The molecule has 1 unspecified atom stereocenters. The lowest BCUT2D eigenvalue weighted by Crippen LogP contribution is -2.37. The molecule has 1 aliphatic heterocycles. The summed E-state index contributed by atoms with van der Waals surface area (Å²) in [6, 6.07) is 4.18. The number of anilines is 2. The number of halogens is 3. The number of carbonyl (C=O) groups excluding carboxylic acids is 1. The Labute approximate surface area is 167 Å². The van der Waals surface area contributed by atoms with Gasteiger partial charge in [0.25, 0.3) is 5.91 Å². The molecular formula is C17H16F3N7OS. The predicted octanol–water partition coefficient (Wildman–Crippen LogP) is 3.24. The molecule has 1 saturated heterocycles. The van der Waals surface area contributed by atoms with E-state index in [4.69, 9.17) is 0 Å². The van der Waals surface area contributed by atoms with Gasteiger partial charge in [0.05, 0.1) is 11.6 Å². The molecule has 12 heteroatoms. The molecule has 1 amide bonds. The van der Waals surface area contributed by atoms with Crippen LogP contribution >= 0.6 is 11.3 Å². The maximum atomic E-state index is 12.8. The minimum absolute atomic E-state index is 0.179. The van der Waals surface area contributed by atoms with E-state index in [1.54, 1.807) is 12.1 Å². The van der Waals surface area contributed by atoms with E-state index in [9.17, 15) is 18.0 Å². The number of piperidine rings is 1. The van der Waals surface area contributed by atoms with E-state index in [0.29, 0.717) is 23.1 Å². The Morgan fingerprint density at radius 3 is 2.79 bits per heavy atom. The number of rotatable bonds is 4. The maximum absolute atomic E-state index is 12.8. The molecule has 3 aromatic heterocycles. The second-order valence-corrected chi connectivity index (χ2v) is 7.36. The second-order valence-electron chi connectivity index (χ2n) is 6.52. The molecule has 4 rings (SSSR count). The van der Waals surface area contributed by atoms with E-state index in [2.05, 4.69) is 25.6 Å². The van der Waals surface area contributed by atoms with Gasteiger partial charge in [-0.1, -0.05) is 11.3 Å². The fraction of sp³-hybridized carbons (Fsp3) is 0.353. The van der Waals surface area contributed by atoms with Crippen molar-refractivity contribution in [1.29, 1.82) is 0 Å². The van der Waals surface area contributed by atoms with Crippen molar-refractivity contribution in [1.82, 2.24) is 25.0 Å². The fourth-order valence-corrected chi connectivity index (χ4v) is 3.62. The SMILES string of the molecule is O=C(Nc1nncs1)c1ccc(N2CCCC(n3ccc(C(F)(F)F)n3)C2)nc1. The van der Waals surface area contributed by atoms with Gasteiger partial charge >= 0.3 is 6.18 Å². The molecule has 1 fully saturated rings. The Morgan fingerprint density at radius 2 is 2.14 bits per heavy atom. The Kier molecular flexibility index (Phi) is 5.18. The number of carbonyl (C=O) groups is 1. The predicted molar refractivity (Wildman–Crippen MR) is 99.8 cm³/mol. The summed E-state index contributed by atoms with van der Waals surface area (Å²) < 4.78 is 39.8. The molecule has 1 N–H and O–H groups in total. The molecule has 3 aromatic rings. The number of nitrogens with one attached hydrogen (secondary N) is 1. The van der Waals surface area contributed by atoms with Gasteiger partial charge in [-0.25, -0.2) is 4.98 Å². The first-order valence-electron chi connectivity index (χ1n) is 8.81. The topological polar surface area (TPSA) is 88.8 Å². The normalized spacial score (nSPS) is 17.3. The third-order valence-electron chi connectivity index (χ3n) is 4.58. The van der Waals surface area contributed by atoms with Crippen LogP contribution in [0.15, 0.2) is 36.1 Å². The highest BCUT2D eigenvalue weighted by atomic mass is 32.1. The third-order valence-corrected chi connectivity index (χ3v) is 5.19. The fourth-order valence-electron chi connectivity index (χ4n) is 3.18. The maximum Gasteiger partial charge on any atom is 0.435 e. The number of pyridine rings is 1. The Hall–Kier alpha value is -3.02. The van der Waals surface area contributed by atoms with Gasteiger partial charge < -0.3 is 4.90 Å². The van der Waals surface area contributed by atoms with Crippen LogP contribution in [0.5, 0.6) is 0 Å². The number of nitrogens with zero attached hydrogens (tertiary/aromatic N) is 6. The standard InChI is InChI=1S/C17H16F3N7OS/c18-17(19,20)13-5-7-27(25-13)12-2-1-6-26(9-12)14-4-3-11(8-21-14)15(28)23-16-24-22-10-29-16/h3-5,7-8,10,12H,1-2,6,9H2,(H,23,24,28). The van der Waals surface area contributed by atoms with Crippen LogP contribution < -0.4 is 10.2 Å². The molecular weight excluding hydrogens is 407 g/mol. The second kappa shape index (κ2) is 7.78. The summed E-state index contributed by atoms with van der Waals surface area (Å²) in [6.45, 7) is 1.22. The zero-order valence-electron chi connectivity index (χ0n) is 15.0. The number of hydrogen-bond donors (Lipinski definition) is 1. The Morgan fingerprint density at radius 1 is 1.28 bits per heavy atom. The quantitative estimate of drug-likeness (QED) is 0.693. The van der Waals surface area contributed by atoms with Crippen molar-refractivity contribution < 1.29 is 18.0 Å². The zero-order valence-corrected chi connectivity index (χ0v) is 15.8. The van der Waals surface area contributed by atoms with Crippen LogP contribution in [0.1, 0.15) is 34.9 Å². The van der Waals surface area contributed by atoms with Crippen molar-refractivity contribution >= 4 is 28.2 Å². The van der Waals surface area contributed by atoms with Gasteiger partial charge in [0.2, 0.25) is 5.13 Å². The van der Waals surface area contributed by atoms with Gasteiger partial charge in [0.15, 0.2) is 5.69 Å². The van der Waals surface area contributed by atoms with E-state index < -0.39 is 11.9 Å². The third kappa shape index (κ3) is 4.36. The van der Waals surface area contributed by atoms with Crippen LogP contribution in [-0.4, -0.2) is 44.0 Å². The molecule has 152 valence electrons. The van der Waals surface area contributed by atoms with E-state index >= 15 is 0 Å². The summed E-state index contributed by atoms with van der Waals surface area (Å²) in [6.07, 6.45) is -0.0901. The highest BCUT2D eigenvalue weighted by Gasteiger charge is 2.34. The molecule has 0 bridgehead atoms. The first kappa shape index (κ1) is 19.3. The summed E-state index contributed by atoms with van der Waals surface area (Å²) in [4.78, 5) is 18.5. The van der Waals surface area contributed by atoms with E-state index in [-0.39, 0.29) is 11.9 Å². The Bertz CT molecular complexity index is 972. The van der Waals surface area contributed by atoms with Crippen molar-refractivity contribution in [3.8, 4) is 0 Å². The van der Waals surface area contributed by atoms with Crippen molar-refractivity contribution in [2.24, 2.45) is 0 Å².